The Morgan fingerprint density at radius 1 is 1.73 bits per heavy atom. The Balaban J connectivity index is 2.31. The van der Waals surface area contributed by atoms with E-state index in [1.165, 1.54) is 0 Å². The zero-order valence-corrected chi connectivity index (χ0v) is 6.88. The number of rotatable bonds is 4. The molecule has 2 nitrogen and oxygen atoms in total. The van der Waals surface area contributed by atoms with Gasteiger partial charge in [-0.3, -0.25) is 0 Å². The number of oxime groups is 1. The van der Waals surface area contributed by atoms with Gasteiger partial charge in [0.2, 0.25) is 0 Å². The Bertz CT molecular complexity index is 228. The van der Waals surface area contributed by atoms with E-state index in [0.29, 0.717) is 6.61 Å². The molecule has 0 N–H and O–H groups in total. The van der Waals surface area contributed by atoms with Gasteiger partial charge in [0.25, 0.3) is 0 Å². The molecule has 0 saturated heterocycles. The summed E-state index contributed by atoms with van der Waals surface area (Å²) in [5.74, 6) is 0. The minimum absolute atomic E-state index is 0.460. The molecule has 1 rings (SSSR count). The highest BCUT2D eigenvalue weighted by Crippen LogP contribution is 2.04. The topological polar surface area (TPSA) is 21.6 Å². The van der Waals surface area contributed by atoms with Crippen LogP contribution in [0.4, 0.5) is 0 Å². The van der Waals surface area contributed by atoms with Crippen molar-refractivity contribution >= 4 is 17.6 Å². The quantitative estimate of drug-likeness (QED) is 0.292. The molecule has 58 valence electrons. The van der Waals surface area contributed by atoms with Gasteiger partial charge in [-0.25, -0.2) is 0 Å². The third kappa shape index (κ3) is 3.00. The molecular formula is C8H9NOS. The van der Waals surface area contributed by atoms with Gasteiger partial charge in [-0.2, -0.15) is 0 Å². The van der Waals surface area contributed by atoms with Crippen molar-refractivity contribution in [1.82, 2.24) is 0 Å². The molecule has 0 saturated carbocycles. The zero-order chi connectivity index (χ0) is 7.94. The molecule has 0 fully saturated rings. The van der Waals surface area contributed by atoms with Crippen LogP contribution in [0.1, 0.15) is 4.88 Å². The van der Waals surface area contributed by atoms with Crippen LogP contribution in [0.25, 0.3) is 0 Å². The molecule has 0 aromatic carbocycles. The normalized spacial score (nSPS) is 10.2. The van der Waals surface area contributed by atoms with E-state index in [2.05, 4.69) is 11.7 Å². The molecule has 0 aliphatic carbocycles. The summed E-state index contributed by atoms with van der Waals surface area (Å²) in [6, 6.07) is 3.95. The summed E-state index contributed by atoms with van der Waals surface area (Å²) in [6.45, 7) is 3.96. The van der Waals surface area contributed by atoms with Crippen molar-refractivity contribution in [2.24, 2.45) is 5.16 Å². The van der Waals surface area contributed by atoms with Gasteiger partial charge in [-0.15, -0.1) is 11.3 Å². The van der Waals surface area contributed by atoms with Crippen molar-refractivity contribution in [2.75, 3.05) is 6.61 Å². The lowest BCUT2D eigenvalue weighted by molar-refractivity contribution is 0.176. The standard InChI is InChI=1S/C8H9NOS/c1-2-5-10-9-7-8-4-3-6-11-8/h2-4,6-7H,1,5H2/b9-7+. The molecule has 0 amide bonds. The highest BCUT2D eigenvalue weighted by Gasteiger charge is 1.84. The van der Waals surface area contributed by atoms with Crippen LogP contribution in [0.5, 0.6) is 0 Å². The Hall–Kier alpha value is -1.09. The fourth-order valence-corrected chi connectivity index (χ4v) is 1.12. The second-order valence-electron chi connectivity index (χ2n) is 1.83. The van der Waals surface area contributed by atoms with Gasteiger partial charge in [0.15, 0.2) is 0 Å². The van der Waals surface area contributed by atoms with E-state index in [9.17, 15) is 0 Å². The fraction of sp³-hybridized carbons (Fsp3) is 0.125. The Labute approximate surface area is 69.8 Å². The smallest absolute Gasteiger partial charge is 0.135 e. The largest absolute Gasteiger partial charge is 0.392 e. The van der Waals surface area contributed by atoms with Crippen LogP contribution in [0.2, 0.25) is 0 Å². The average Bonchev–Trinajstić information content (AvgIpc) is 2.50. The molecule has 1 heterocycles. The maximum absolute atomic E-state index is 4.81. The Morgan fingerprint density at radius 2 is 2.64 bits per heavy atom. The highest BCUT2D eigenvalue weighted by molar-refractivity contribution is 7.11. The number of hydrogen-bond donors (Lipinski definition) is 0. The predicted molar refractivity (Wildman–Crippen MR) is 48.1 cm³/mol. The Kier molecular flexibility index (Phi) is 3.41. The number of hydrogen-bond acceptors (Lipinski definition) is 3. The maximum Gasteiger partial charge on any atom is 0.135 e. The lowest BCUT2D eigenvalue weighted by Crippen LogP contribution is -1.81. The third-order valence-electron chi connectivity index (χ3n) is 0.990. The summed E-state index contributed by atoms with van der Waals surface area (Å²) in [5.41, 5.74) is 0. The molecule has 0 spiro atoms. The summed E-state index contributed by atoms with van der Waals surface area (Å²) in [4.78, 5) is 5.91. The van der Waals surface area contributed by atoms with Crippen LogP contribution in [0.15, 0.2) is 35.3 Å². The molecule has 0 aliphatic rings. The molecule has 0 atom stereocenters. The van der Waals surface area contributed by atoms with Crippen molar-refractivity contribution in [3.8, 4) is 0 Å². The first-order valence-electron chi connectivity index (χ1n) is 3.23. The second-order valence-corrected chi connectivity index (χ2v) is 2.81. The summed E-state index contributed by atoms with van der Waals surface area (Å²) >= 11 is 1.63. The zero-order valence-electron chi connectivity index (χ0n) is 6.06. The van der Waals surface area contributed by atoms with Gasteiger partial charge in [0.05, 0.1) is 6.21 Å². The van der Waals surface area contributed by atoms with Crippen LogP contribution in [0, 0.1) is 0 Å². The monoisotopic (exact) mass is 167 g/mol. The number of thiophene rings is 1. The third-order valence-corrected chi connectivity index (χ3v) is 1.80. The van der Waals surface area contributed by atoms with Crippen LogP contribution in [-0.2, 0) is 4.84 Å². The molecule has 0 radical (unpaired) electrons. The van der Waals surface area contributed by atoms with Crippen molar-refractivity contribution in [3.63, 3.8) is 0 Å². The molecule has 0 unspecified atom stereocenters. The van der Waals surface area contributed by atoms with E-state index in [4.69, 9.17) is 4.84 Å². The Morgan fingerprint density at radius 3 is 3.27 bits per heavy atom. The lowest BCUT2D eigenvalue weighted by Gasteiger charge is -1.88. The molecule has 1 aromatic heterocycles. The average molecular weight is 167 g/mol. The van der Waals surface area contributed by atoms with Crippen molar-refractivity contribution in [3.05, 3.63) is 35.0 Å². The first-order chi connectivity index (χ1) is 5.43. The van der Waals surface area contributed by atoms with E-state index in [-0.39, 0.29) is 0 Å². The summed E-state index contributed by atoms with van der Waals surface area (Å²) < 4.78 is 0. The predicted octanol–water partition coefficient (Wildman–Crippen LogP) is 2.28. The molecule has 0 bridgehead atoms. The van der Waals surface area contributed by atoms with Crippen LogP contribution < -0.4 is 0 Å². The number of nitrogens with zero attached hydrogens (tertiary/aromatic N) is 1. The van der Waals surface area contributed by atoms with Gasteiger partial charge in [0.1, 0.15) is 6.61 Å². The van der Waals surface area contributed by atoms with E-state index < -0.39 is 0 Å². The molecule has 3 heteroatoms. The van der Waals surface area contributed by atoms with Gasteiger partial charge in [-0.05, 0) is 11.4 Å². The van der Waals surface area contributed by atoms with Gasteiger partial charge < -0.3 is 4.84 Å². The van der Waals surface area contributed by atoms with Crippen LogP contribution >= 0.6 is 11.3 Å². The van der Waals surface area contributed by atoms with Gasteiger partial charge in [0, 0.05) is 4.88 Å². The van der Waals surface area contributed by atoms with Crippen molar-refractivity contribution in [2.45, 2.75) is 0 Å². The van der Waals surface area contributed by atoms with Crippen molar-refractivity contribution < 1.29 is 4.84 Å². The fourth-order valence-electron chi connectivity index (χ4n) is 0.550. The van der Waals surface area contributed by atoms with Gasteiger partial charge >= 0.3 is 0 Å². The molecule has 1 aromatic rings. The van der Waals surface area contributed by atoms with E-state index in [0.717, 1.165) is 4.88 Å². The minimum atomic E-state index is 0.460. The van der Waals surface area contributed by atoms with Gasteiger partial charge in [-0.1, -0.05) is 23.9 Å². The van der Waals surface area contributed by atoms with Crippen molar-refractivity contribution in [1.29, 1.82) is 0 Å². The highest BCUT2D eigenvalue weighted by atomic mass is 32.1. The molecule has 0 aliphatic heterocycles. The van der Waals surface area contributed by atoms with Crippen LogP contribution in [0.3, 0.4) is 0 Å². The van der Waals surface area contributed by atoms with E-state index >= 15 is 0 Å². The first kappa shape index (κ1) is 8.01. The summed E-state index contributed by atoms with van der Waals surface area (Å²) in [7, 11) is 0. The van der Waals surface area contributed by atoms with E-state index in [1.807, 2.05) is 17.5 Å². The lowest BCUT2D eigenvalue weighted by atomic mass is 10.5. The molecule has 11 heavy (non-hydrogen) atoms. The summed E-state index contributed by atoms with van der Waals surface area (Å²) in [5, 5.41) is 5.71. The van der Waals surface area contributed by atoms with E-state index in [1.54, 1.807) is 23.6 Å². The maximum atomic E-state index is 4.81. The second kappa shape index (κ2) is 4.68. The van der Waals surface area contributed by atoms with Crippen LogP contribution in [-0.4, -0.2) is 12.8 Å². The summed E-state index contributed by atoms with van der Waals surface area (Å²) in [6.07, 6.45) is 3.35. The minimum Gasteiger partial charge on any atom is -0.392 e. The first-order valence-corrected chi connectivity index (χ1v) is 4.11. The SMILES string of the molecule is C=CCO/N=C/c1cccs1. The molecular weight excluding hydrogens is 158 g/mol.